The molecule has 0 saturated heterocycles. The summed E-state index contributed by atoms with van der Waals surface area (Å²) in [6.45, 7) is 0.776. The monoisotopic (exact) mass is 366 g/mol. The molecule has 0 aliphatic carbocycles. The minimum atomic E-state index is -0.271. The average Bonchev–Trinajstić information content (AvgIpc) is 2.69. The molecule has 0 aliphatic rings. The summed E-state index contributed by atoms with van der Waals surface area (Å²) in [5, 5.41) is 13.7. The van der Waals surface area contributed by atoms with Gasteiger partial charge in [0.05, 0.1) is 13.0 Å². The SMILES string of the molecule is O=C(CCOc1ccccc1)Nc1ccc(NCc2ccc(F)cc2)nn1. The minimum Gasteiger partial charge on any atom is -0.493 e. The van der Waals surface area contributed by atoms with Crippen LogP contribution in [0.2, 0.25) is 0 Å². The van der Waals surface area contributed by atoms with Gasteiger partial charge in [-0.05, 0) is 42.0 Å². The van der Waals surface area contributed by atoms with Crippen molar-refractivity contribution < 1.29 is 13.9 Å². The molecule has 1 aromatic heterocycles. The Morgan fingerprint density at radius 2 is 1.63 bits per heavy atom. The zero-order valence-electron chi connectivity index (χ0n) is 14.6. The fourth-order valence-electron chi connectivity index (χ4n) is 2.27. The summed E-state index contributed by atoms with van der Waals surface area (Å²) < 4.78 is 18.4. The topological polar surface area (TPSA) is 76.1 Å². The van der Waals surface area contributed by atoms with Crippen molar-refractivity contribution in [3.8, 4) is 5.75 Å². The van der Waals surface area contributed by atoms with Crippen LogP contribution in [0.1, 0.15) is 12.0 Å². The molecule has 7 heteroatoms. The number of nitrogens with zero attached hydrogens (tertiary/aromatic N) is 2. The van der Waals surface area contributed by atoms with E-state index >= 15 is 0 Å². The van der Waals surface area contributed by atoms with Crippen molar-refractivity contribution in [2.75, 3.05) is 17.2 Å². The molecule has 0 fully saturated rings. The van der Waals surface area contributed by atoms with Gasteiger partial charge in [-0.2, -0.15) is 0 Å². The van der Waals surface area contributed by atoms with Crippen molar-refractivity contribution in [1.82, 2.24) is 10.2 Å². The van der Waals surface area contributed by atoms with Gasteiger partial charge >= 0.3 is 0 Å². The molecule has 0 saturated carbocycles. The van der Waals surface area contributed by atoms with Crippen LogP contribution in [-0.4, -0.2) is 22.7 Å². The summed E-state index contributed by atoms with van der Waals surface area (Å²) in [6, 6.07) is 18.9. The van der Waals surface area contributed by atoms with E-state index in [1.807, 2.05) is 30.3 Å². The normalized spacial score (nSPS) is 10.3. The maximum atomic E-state index is 12.9. The average molecular weight is 366 g/mol. The first kappa shape index (κ1) is 18.3. The zero-order chi connectivity index (χ0) is 18.9. The van der Waals surface area contributed by atoms with E-state index < -0.39 is 0 Å². The van der Waals surface area contributed by atoms with Gasteiger partial charge in [-0.15, -0.1) is 10.2 Å². The standard InChI is InChI=1S/C20H19FN4O2/c21-16-8-6-15(7-9-16)14-22-18-10-11-19(25-24-18)23-20(26)12-13-27-17-4-2-1-3-5-17/h1-11H,12-14H2,(H,22,24)(H,23,25,26). The first-order chi connectivity index (χ1) is 13.2. The Hall–Kier alpha value is -3.48. The van der Waals surface area contributed by atoms with E-state index in [-0.39, 0.29) is 24.8 Å². The van der Waals surface area contributed by atoms with Crippen molar-refractivity contribution in [1.29, 1.82) is 0 Å². The third-order valence-corrected chi connectivity index (χ3v) is 3.66. The molecule has 6 nitrogen and oxygen atoms in total. The van der Waals surface area contributed by atoms with Gasteiger partial charge < -0.3 is 15.4 Å². The highest BCUT2D eigenvalue weighted by Gasteiger charge is 2.05. The molecule has 1 amide bonds. The van der Waals surface area contributed by atoms with Crippen LogP contribution in [0.25, 0.3) is 0 Å². The van der Waals surface area contributed by atoms with Crippen LogP contribution in [0, 0.1) is 5.82 Å². The lowest BCUT2D eigenvalue weighted by atomic mass is 10.2. The molecular weight excluding hydrogens is 347 g/mol. The van der Waals surface area contributed by atoms with Crippen LogP contribution >= 0.6 is 0 Å². The molecule has 0 aliphatic heterocycles. The molecule has 3 aromatic rings. The van der Waals surface area contributed by atoms with E-state index in [0.717, 1.165) is 11.3 Å². The number of benzene rings is 2. The van der Waals surface area contributed by atoms with E-state index in [0.29, 0.717) is 18.2 Å². The number of halogens is 1. The lowest BCUT2D eigenvalue weighted by Crippen LogP contribution is -2.16. The first-order valence-electron chi connectivity index (χ1n) is 8.49. The number of hydrogen-bond acceptors (Lipinski definition) is 5. The lowest BCUT2D eigenvalue weighted by molar-refractivity contribution is -0.116. The molecule has 138 valence electrons. The van der Waals surface area contributed by atoms with Gasteiger partial charge in [0.2, 0.25) is 5.91 Å². The number of hydrogen-bond donors (Lipinski definition) is 2. The Balaban J connectivity index is 1.41. The summed E-state index contributed by atoms with van der Waals surface area (Å²) >= 11 is 0. The second-order valence-electron chi connectivity index (χ2n) is 5.74. The molecule has 0 atom stereocenters. The quantitative estimate of drug-likeness (QED) is 0.637. The molecule has 2 aromatic carbocycles. The van der Waals surface area contributed by atoms with Crippen LogP contribution in [0.15, 0.2) is 66.7 Å². The maximum absolute atomic E-state index is 12.9. The minimum absolute atomic E-state index is 0.202. The number of para-hydroxylation sites is 1. The lowest BCUT2D eigenvalue weighted by Gasteiger charge is -2.08. The van der Waals surface area contributed by atoms with E-state index in [4.69, 9.17) is 4.74 Å². The number of carbonyl (C=O) groups excluding carboxylic acids is 1. The third kappa shape index (κ3) is 6.07. The van der Waals surface area contributed by atoms with Gasteiger partial charge in [-0.1, -0.05) is 30.3 Å². The Kier molecular flexibility index (Phi) is 6.30. The fourth-order valence-corrected chi connectivity index (χ4v) is 2.27. The Morgan fingerprint density at radius 3 is 2.33 bits per heavy atom. The number of aromatic nitrogens is 2. The maximum Gasteiger partial charge on any atom is 0.229 e. The Morgan fingerprint density at radius 1 is 0.926 bits per heavy atom. The highest BCUT2D eigenvalue weighted by Crippen LogP contribution is 2.11. The molecule has 0 bridgehead atoms. The second kappa shape index (κ2) is 9.28. The van der Waals surface area contributed by atoms with Crippen molar-refractivity contribution in [2.45, 2.75) is 13.0 Å². The fraction of sp³-hybridized carbons (Fsp3) is 0.150. The number of ether oxygens (including phenoxy) is 1. The Labute approximate surface area is 156 Å². The summed E-state index contributed by atoms with van der Waals surface area (Å²) in [4.78, 5) is 11.9. The molecular formula is C20H19FN4O2. The molecule has 0 unspecified atom stereocenters. The van der Waals surface area contributed by atoms with Crippen LogP contribution in [0.3, 0.4) is 0 Å². The van der Waals surface area contributed by atoms with Gasteiger partial charge in [-0.3, -0.25) is 4.79 Å². The molecule has 1 heterocycles. The van der Waals surface area contributed by atoms with E-state index in [1.54, 1.807) is 24.3 Å². The van der Waals surface area contributed by atoms with Crippen molar-refractivity contribution >= 4 is 17.5 Å². The summed E-state index contributed by atoms with van der Waals surface area (Å²) in [6.07, 6.45) is 0.209. The van der Waals surface area contributed by atoms with Crippen LogP contribution in [-0.2, 0) is 11.3 Å². The van der Waals surface area contributed by atoms with Gasteiger partial charge in [-0.25, -0.2) is 4.39 Å². The molecule has 2 N–H and O–H groups in total. The predicted molar refractivity (Wildman–Crippen MR) is 101 cm³/mol. The number of carbonyl (C=O) groups is 1. The highest BCUT2D eigenvalue weighted by molar-refractivity contribution is 5.89. The van der Waals surface area contributed by atoms with Crippen molar-refractivity contribution in [2.24, 2.45) is 0 Å². The van der Waals surface area contributed by atoms with Gasteiger partial charge in [0.15, 0.2) is 5.82 Å². The zero-order valence-corrected chi connectivity index (χ0v) is 14.6. The van der Waals surface area contributed by atoms with Crippen LogP contribution < -0.4 is 15.4 Å². The van der Waals surface area contributed by atoms with Crippen LogP contribution in [0.5, 0.6) is 5.75 Å². The van der Waals surface area contributed by atoms with Crippen molar-refractivity contribution in [3.05, 3.63) is 78.1 Å². The van der Waals surface area contributed by atoms with E-state index in [1.165, 1.54) is 12.1 Å². The van der Waals surface area contributed by atoms with Gasteiger partial charge in [0.1, 0.15) is 17.4 Å². The second-order valence-corrected chi connectivity index (χ2v) is 5.74. The molecule has 0 spiro atoms. The van der Waals surface area contributed by atoms with E-state index in [9.17, 15) is 9.18 Å². The largest absolute Gasteiger partial charge is 0.493 e. The molecule has 0 radical (unpaired) electrons. The van der Waals surface area contributed by atoms with E-state index in [2.05, 4.69) is 20.8 Å². The Bertz CT molecular complexity index is 855. The smallest absolute Gasteiger partial charge is 0.229 e. The first-order valence-corrected chi connectivity index (χ1v) is 8.49. The number of amides is 1. The molecule has 3 rings (SSSR count). The summed E-state index contributed by atoms with van der Waals surface area (Å²) in [7, 11) is 0. The highest BCUT2D eigenvalue weighted by atomic mass is 19.1. The van der Waals surface area contributed by atoms with Gasteiger partial charge in [0, 0.05) is 6.54 Å². The number of rotatable bonds is 8. The number of anilines is 2. The van der Waals surface area contributed by atoms with Crippen molar-refractivity contribution in [3.63, 3.8) is 0 Å². The number of nitrogens with one attached hydrogen (secondary N) is 2. The van der Waals surface area contributed by atoms with Crippen LogP contribution in [0.4, 0.5) is 16.0 Å². The summed E-state index contributed by atoms with van der Waals surface area (Å²) in [5.74, 6) is 1.18. The summed E-state index contributed by atoms with van der Waals surface area (Å²) in [5.41, 5.74) is 0.925. The molecule has 27 heavy (non-hydrogen) atoms. The van der Waals surface area contributed by atoms with Gasteiger partial charge in [0.25, 0.3) is 0 Å². The predicted octanol–water partition coefficient (Wildman–Crippen LogP) is 3.64. The third-order valence-electron chi connectivity index (χ3n) is 3.66.